The van der Waals surface area contributed by atoms with Gasteiger partial charge in [-0.05, 0) is 51.0 Å². The second-order valence-corrected chi connectivity index (χ2v) is 8.74. The van der Waals surface area contributed by atoms with Crippen LogP contribution in [0.5, 0.6) is 0 Å². The van der Waals surface area contributed by atoms with Crippen LogP contribution in [0.3, 0.4) is 0 Å². The van der Waals surface area contributed by atoms with Crippen molar-refractivity contribution in [1.82, 2.24) is 0 Å². The van der Waals surface area contributed by atoms with E-state index >= 15 is 0 Å². The Morgan fingerprint density at radius 1 is 0.455 bits per heavy atom. The van der Waals surface area contributed by atoms with Gasteiger partial charge in [-0.15, -0.1) is 0 Å². The maximum atomic E-state index is 2.29. The fourth-order valence-corrected chi connectivity index (χ4v) is 5.19. The van der Waals surface area contributed by atoms with Gasteiger partial charge in [0.15, 0.2) is 0 Å². The molecule has 5 rings (SSSR count). The molecule has 162 valence electrons. The average Bonchev–Trinajstić information content (AvgIpc) is 3.24. The summed E-state index contributed by atoms with van der Waals surface area (Å²) in [5, 5.41) is 0. The molecular weight excluding hydrogens is 396 g/mol. The van der Waals surface area contributed by atoms with Crippen LogP contribution in [0.15, 0.2) is 121 Å². The first kappa shape index (κ1) is 21.2. The van der Waals surface area contributed by atoms with Crippen molar-refractivity contribution >= 4 is 22.3 Å². The van der Waals surface area contributed by atoms with E-state index in [4.69, 9.17) is 0 Å². The van der Waals surface area contributed by atoms with Crippen molar-refractivity contribution < 1.29 is 0 Å². The first-order valence-electron chi connectivity index (χ1n) is 12.1. The number of hydrogen-bond donors (Lipinski definition) is 0. The summed E-state index contributed by atoms with van der Waals surface area (Å²) in [6.07, 6.45) is 3.56. The van der Waals surface area contributed by atoms with Crippen molar-refractivity contribution in [3.8, 4) is 0 Å². The fourth-order valence-electron chi connectivity index (χ4n) is 5.19. The van der Waals surface area contributed by atoms with Crippen molar-refractivity contribution in [1.29, 1.82) is 0 Å². The van der Waals surface area contributed by atoms with E-state index in [1.54, 1.807) is 0 Å². The fraction of sp³-hybridized carbons (Fsp3) is 0.152. The molecule has 0 amide bonds. The lowest BCUT2D eigenvalue weighted by Gasteiger charge is -2.21. The molecule has 0 radical (unpaired) electrons. The molecule has 0 fully saturated rings. The van der Waals surface area contributed by atoms with Crippen molar-refractivity contribution in [2.75, 3.05) is 0 Å². The highest BCUT2D eigenvalue weighted by Crippen LogP contribution is 2.56. The number of rotatable bonds is 7. The van der Waals surface area contributed by atoms with Crippen molar-refractivity contribution in [3.63, 3.8) is 0 Å². The highest BCUT2D eigenvalue weighted by molar-refractivity contribution is 6.28. The molecule has 0 saturated heterocycles. The van der Waals surface area contributed by atoms with Gasteiger partial charge in [0, 0.05) is 5.92 Å². The molecule has 0 aromatic heterocycles. The average molecular weight is 427 g/mol. The van der Waals surface area contributed by atoms with E-state index in [1.807, 2.05) is 0 Å². The first-order chi connectivity index (χ1) is 16.4. The summed E-state index contributed by atoms with van der Waals surface area (Å²) in [5.41, 5.74) is 10.9. The molecule has 0 bridgehead atoms. The van der Waals surface area contributed by atoms with Crippen LogP contribution < -0.4 is 0 Å². The minimum atomic E-state index is 0.361. The minimum absolute atomic E-state index is 0.361. The maximum absolute atomic E-state index is 2.29. The lowest BCUT2D eigenvalue weighted by Crippen LogP contribution is -2.04. The standard InChI is InChI=1S/C33H30/c1-2-3-24-29-30(25-16-8-4-9-17-25)32(27-20-12-6-13-21-27)33(28-22-14-7-15-23-28)31(29)26-18-10-5-11-19-26/h4-23,29H,2-3,24H2,1H3. The van der Waals surface area contributed by atoms with Crippen LogP contribution >= 0.6 is 0 Å². The molecule has 4 aromatic carbocycles. The van der Waals surface area contributed by atoms with E-state index in [0.717, 1.165) is 6.42 Å². The molecule has 1 aliphatic carbocycles. The second kappa shape index (κ2) is 9.88. The van der Waals surface area contributed by atoms with Crippen LogP contribution in [0.2, 0.25) is 0 Å². The highest BCUT2D eigenvalue weighted by atomic mass is 14.4. The van der Waals surface area contributed by atoms with Gasteiger partial charge >= 0.3 is 0 Å². The third kappa shape index (κ3) is 4.22. The summed E-state index contributed by atoms with van der Waals surface area (Å²) in [7, 11) is 0. The summed E-state index contributed by atoms with van der Waals surface area (Å²) >= 11 is 0. The predicted octanol–water partition coefficient (Wildman–Crippen LogP) is 9.03. The SMILES string of the molecule is CCCCC1C(c2ccccc2)=C(c2ccccc2)C(c2ccccc2)=C1c1ccccc1. The molecule has 4 aromatic rings. The van der Waals surface area contributed by atoms with Gasteiger partial charge in [-0.25, -0.2) is 0 Å². The van der Waals surface area contributed by atoms with Gasteiger partial charge < -0.3 is 0 Å². The summed E-state index contributed by atoms with van der Waals surface area (Å²) < 4.78 is 0. The van der Waals surface area contributed by atoms with Gasteiger partial charge in [0.25, 0.3) is 0 Å². The van der Waals surface area contributed by atoms with E-state index < -0.39 is 0 Å². The zero-order valence-electron chi connectivity index (χ0n) is 19.2. The quantitative estimate of drug-likeness (QED) is 0.276. The Balaban J connectivity index is 1.87. The van der Waals surface area contributed by atoms with Crippen LogP contribution in [0.25, 0.3) is 22.3 Å². The molecule has 0 N–H and O–H groups in total. The third-order valence-electron chi connectivity index (χ3n) is 6.63. The predicted molar refractivity (Wildman–Crippen MR) is 142 cm³/mol. The molecule has 0 heteroatoms. The van der Waals surface area contributed by atoms with Crippen molar-refractivity contribution in [2.45, 2.75) is 26.2 Å². The van der Waals surface area contributed by atoms with Crippen LogP contribution in [-0.2, 0) is 0 Å². The van der Waals surface area contributed by atoms with E-state index in [-0.39, 0.29) is 0 Å². The van der Waals surface area contributed by atoms with Crippen LogP contribution in [0, 0.1) is 5.92 Å². The molecule has 0 heterocycles. The van der Waals surface area contributed by atoms with E-state index in [9.17, 15) is 0 Å². The lowest BCUT2D eigenvalue weighted by atomic mass is 9.82. The molecule has 0 nitrogen and oxygen atoms in total. The Labute approximate surface area is 198 Å². The summed E-state index contributed by atoms with van der Waals surface area (Å²) in [6.45, 7) is 2.29. The third-order valence-corrected chi connectivity index (χ3v) is 6.63. The van der Waals surface area contributed by atoms with Gasteiger partial charge in [-0.2, -0.15) is 0 Å². The number of unbranched alkanes of at least 4 members (excludes halogenated alkanes) is 1. The Kier molecular flexibility index (Phi) is 6.35. The first-order valence-corrected chi connectivity index (χ1v) is 12.1. The Morgan fingerprint density at radius 2 is 0.788 bits per heavy atom. The minimum Gasteiger partial charge on any atom is -0.0654 e. The molecule has 0 atom stereocenters. The molecule has 33 heavy (non-hydrogen) atoms. The normalized spacial score (nSPS) is 14.2. The maximum Gasteiger partial charge on any atom is 0.0114 e. The topological polar surface area (TPSA) is 0 Å². The van der Waals surface area contributed by atoms with Crippen LogP contribution in [0.4, 0.5) is 0 Å². The van der Waals surface area contributed by atoms with Gasteiger partial charge in [-0.1, -0.05) is 141 Å². The monoisotopic (exact) mass is 426 g/mol. The van der Waals surface area contributed by atoms with E-state index in [2.05, 4.69) is 128 Å². The largest absolute Gasteiger partial charge is 0.0654 e. The Bertz CT molecular complexity index is 1150. The molecular formula is C33H30. The summed E-state index contributed by atoms with van der Waals surface area (Å²) in [5.74, 6) is 0.361. The lowest BCUT2D eigenvalue weighted by molar-refractivity contribution is 0.668. The zero-order chi connectivity index (χ0) is 22.5. The van der Waals surface area contributed by atoms with Crippen LogP contribution in [-0.4, -0.2) is 0 Å². The van der Waals surface area contributed by atoms with Gasteiger partial charge in [-0.3, -0.25) is 0 Å². The van der Waals surface area contributed by atoms with Crippen molar-refractivity contribution in [2.24, 2.45) is 5.92 Å². The van der Waals surface area contributed by atoms with E-state index in [1.165, 1.54) is 57.4 Å². The van der Waals surface area contributed by atoms with E-state index in [0.29, 0.717) is 5.92 Å². The Hall–Kier alpha value is -3.64. The number of hydrogen-bond acceptors (Lipinski definition) is 0. The molecule has 0 aliphatic heterocycles. The Morgan fingerprint density at radius 3 is 1.12 bits per heavy atom. The van der Waals surface area contributed by atoms with Gasteiger partial charge in [0.1, 0.15) is 0 Å². The highest BCUT2D eigenvalue weighted by Gasteiger charge is 2.35. The van der Waals surface area contributed by atoms with Crippen LogP contribution in [0.1, 0.15) is 48.4 Å². The zero-order valence-corrected chi connectivity index (χ0v) is 19.2. The molecule has 1 aliphatic rings. The summed E-state index contributed by atoms with van der Waals surface area (Å²) in [6, 6.07) is 44.0. The second-order valence-electron chi connectivity index (χ2n) is 8.74. The smallest absolute Gasteiger partial charge is 0.0114 e. The summed E-state index contributed by atoms with van der Waals surface area (Å²) in [4.78, 5) is 0. The molecule has 0 unspecified atom stereocenters. The number of allylic oxidation sites excluding steroid dienone is 4. The van der Waals surface area contributed by atoms with Gasteiger partial charge in [0.05, 0.1) is 0 Å². The number of benzene rings is 4. The van der Waals surface area contributed by atoms with Gasteiger partial charge in [0.2, 0.25) is 0 Å². The molecule has 0 spiro atoms. The van der Waals surface area contributed by atoms with Crippen molar-refractivity contribution in [3.05, 3.63) is 144 Å². The molecule has 0 saturated carbocycles.